The van der Waals surface area contributed by atoms with Gasteiger partial charge in [0, 0.05) is 34.2 Å². The zero-order valence-electron chi connectivity index (χ0n) is 15.7. The zero-order valence-corrected chi connectivity index (χ0v) is 18.0. The van der Waals surface area contributed by atoms with Crippen molar-refractivity contribution in [2.75, 3.05) is 13.1 Å². The maximum atomic E-state index is 15.3. The summed E-state index contributed by atoms with van der Waals surface area (Å²) in [4.78, 5) is 2.70. The molecule has 10 heteroatoms. The van der Waals surface area contributed by atoms with Crippen molar-refractivity contribution in [1.29, 1.82) is 0 Å². The van der Waals surface area contributed by atoms with Crippen LogP contribution in [0.1, 0.15) is 18.4 Å². The lowest BCUT2D eigenvalue weighted by molar-refractivity contribution is -0.0753. The maximum Gasteiger partial charge on any atom is 0.276 e. The van der Waals surface area contributed by atoms with Crippen molar-refractivity contribution >= 4 is 44.1 Å². The largest absolute Gasteiger partial charge is 0.359 e. The molecule has 0 spiro atoms. The highest BCUT2D eigenvalue weighted by Crippen LogP contribution is 2.44. The number of rotatable bonds is 4. The van der Waals surface area contributed by atoms with E-state index in [0.29, 0.717) is 52.4 Å². The molecule has 1 aliphatic heterocycles. The molecule has 2 aromatic carbocycles. The van der Waals surface area contributed by atoms with Crippen molar-refractivity contribution in [1.82, 2.24) is 10.3 Å². The van der Waals surface area contributed by atoms with Gasteiger partial charge in [-0.3, -0.25) is 0 Å². The molecule has 0 atom stereocenters. The fourth-order valence-corrected chi connectivity index (χ4v) is 5.30. The number of hydrogen-bond acceptors (Lipinski definition) is 3. The van der Waals surface area contributed by atoms with E-state index in [-0.39, 0.29) is 16.0 Å². The van der Waals surface area contributed by atoms with Crippen LogP contribution in [0.4, 0.5) is 8.78 Å². The second-order valence-electron chi connectivity index (χ2n) is 7.38. The number of aromatic amines is 1. The Morgan fingerprint density at radius 3 is 2.40 bits per heavy atom. The average molecular weight is 474 g/mol. The van der Waals surface area contributed by atoms with Gasteiger partial charge >= 0.3 is 0 Å². The van der Waals surface area contributed by atoms with Gasteiger partial charge in [-0.05, 0) is 44.1 Å². The van der Waals surface area contributed by atoms with E-state index in [1.54, 1.807) is 12.1 Å². The van der Waals surface area contributed by atoms with Crippen LogP contribution in [0.25, 0.3) is 22.0 Å². The normalized spacial score (nSPS) is 16.3. The highest BCUT2D eigenvalue weighted by atomic mass is 35.5. The minimum absolute atomic E-state index is 0.0730. The summed E-state index contributed by atoms with van der Waals surface area (Å²) in [6.45, 7) is 1.03. The van der Waals surface area contributed by atoms with Crippen LogP contribution in [0.2, 0.25) is 10.0 Å². The molecule has 1 saturated heterocycles. The SMILES string of the molecule is NS(=O)(=O)c1ccc(C(F)(F)C2CCNCC2)cc1-c1ccc(Cl)c2c(Cl)c[nH]c12. The Bertz CT molecular complexity index is 1220. The summed E-state index contributed by atoms with van der Waals surface area (Å²) in [6.07, 6.45) is 2.17. The van der Waals surface area contributed by atoms with Crippen molar-refractivity contribution in [2.24, 2.45) is 11.1 Å². The molecular formula is C20H19Cl2F2N3O2S. The van der Waals surface area contributed by atoms with Crippen LogP contribution < -0.4 is 10.5 Å². The molecule has 1 fully saturated rings. The van der Waals surface area contributed by atoms with Crippen molar-refractivity contribution in [2.45, 2.75) is 23.7 Å². The average Bonchev–Trinajstić information content (AvgIpc) is 3.10. The molecule has 0 unspecified atom stereocenters. The summed E-state index contributed by atoms with van der Waals surface area (Å²) >= 11 is 12.4. The van der Waals surface area contributed by atoms with Gasteiger partial charge in [-0.25, -0.2) is 22.3 Å². The van der Waals surface area contributed by atoms with Gasteiger partial charge in [0.1, 0.15) is 0 Å². The van der Waals surface area contributed by atoms with E-state index in [1.165, 1.54) is 12.3 Å². The first-order valence-electron chi connectivity index (χ1n) is 9.32. The molecule has 4 rings (SSSR count). The third-order valence-electron chi connectivity index (χ3n) is 5.55. The van der Waals surface area contributed by atoms with Crippen molar-refractivity contribution in [3.8, 4) is 11.1 Å². The predicted molar refractivity (Wildman–Crippen MR) is 115 cm³/mol. The number of halogens is 4. The third-order valence-corrected chi connectivity index (χ3v) is 7.13. The Morgan fingerprint density at radius 2 is 1.73 bits per heavy atom. The summed E-state index contributed by atoms with van der Waals surface area (Å²) in [7, 11) is -4.18. The minimum atomic E-state index is -4.18. The second-order valence-corrected chi connectivity index (χ2v) is 9.73. The smallest absolute Gasteiger partial charge is 0.276 e. The number of hydrogen-bond donors (Lipinski definition) is 3. The summed E-state index contributed by atoms with van der Waals surface area (Å²) in [6, 6.07) is 6.59. The molecule has 160 valence electrons. The molecule has 0 amide bonds. The number of benzene rings is 2. The molecule has 0 saturated carbocycles. The standard InChI is InChI=1S/C20H19Cl2F2N3O2S/c21-15-3-2-13(19-18(15)16(22)10-27-19)14-9-12(1-4-17(14)30(25,28)29)20(23,24)11-5-7-26-8-6-11/h1-4,9-11,26-27H,5-8H2,(H2,25,28,29). The lowest BCUT2D eigenvalue weighted by atomic mass is 9.86. The fraction of sp³-hybridized carbons (Fsp3) is 0.300. The van der Waals surface area contributed by atoms with Gasteiger partial charge in [0.15, 0.2) is 0 Å². The number of primary sulfonamides is 1. The van der Waals surface area contributed by atoms with Crippen LogP contribution in [0.3, 0.4) is 0 Å². The molecule has 2 heterocycles. The Labute approximate surface area is 182 Å². The van der Waals surface area contributed by atoms with Crippen molar-refractivity contribution in [3.05, 3.63) is 52.1 Å². The van der Waals surface area contributed by atoms with Gasteiger partial charge in [0.05, 0.1) is 20.5 Å². The van der Waals surface area contributed by atoms with E-state index in [2.05, 4.69) is 10.3 Å². The Balaban J connectivity index is 1.95. The number of piperidine rings is 1. The topological polar surface area (TPSA) is 88.0 Å². The molecule has 3 aromatic rings. The molecule has 0 aliphatic carbocycles. The molecule has 30 heavy (non-hydrogen) atoms. The van der Waals surface area contributed by atoms with Gasteiger partial charge in [-0.2, -0.15) is 0 Å². The quantitative estimate of drug-likeness (QED) is 0.504. The van der Waals surface area contributed by atoms with E-state index in [0.717, 1.165) is 12.1 Å². The number of alkyl halides is 2. The first-order valence-corrected chi connectivity index (χ1v) is 11.6. The van der Waals surface area contributed by atoms with Crippen LogP contribution in [0.15, 0.2) is 41.4 Å². The van der Waals surface area contributed by atoms with Gasteiger partial charge in [-0.1, -0.05) is 35.3 Å². The number of H-pyrrole nitrogens is 1. The molecule has 0 bridgehead atoms. The Morgan fingerprint density at radius 1 is 1.03 bits per heavy atom. The van der Waals surface area contributed by atoms with E-state index in [9.17, 15) is 8.42 Å². The fourth-order valence-electron chi connectivity index (χ4n) is 4.01. The summed E-state index contributed by atoms with van der Waals surface area (Å²) in [5.74, 6) is -3.95. The predicted octanol–water partition coefficient (Wildman–Crippen LogP) is 4.88. The van der Waals surface area contributed by atoms with E-state index >= 15 is 8.78 Å². The third kappa shape index (κ3) is 3.71. The lowest BCUT2D eigenvalue weighted by Gasteiger charge is -2.31. The highest BCUT2D eigenvalue weighted by molar-refractivity contribution is 7.89. The molecule has 5 nitrogen and oxygen atoms in total. The number of fused-ring (bicyclic) bond motifs is 1. The minimum Gasteiger partial charge on any atom is -0.359 e. The lowest BCUT2D eigenvalue weighted by Crippen LogP contribution is -2.36. The van der Waals surface area contributed by atoms with E-state index in [4.69, 9.17) is 28.3 Å². The summed E-state index contributed by atoms with van der Waals surface area (Å²) in [5.41, 5.74) is 0.634. The monoisotopic (exact) mass is 473 g/mol. The van der Waals surface area contributed by atoms with Crippen LogP contribution in [-0.4, -0.2) is 26.5 Å². The van der Waals surface area contributed by atoms with Gasteiger partial charge < -0.3 is 10.3 Å². The van der Waals surface area contributed by atoms with Crippen LogP contribution in [0.5, 0.6) is 0 Å². The van der Waals surface area contributed by atoms with Crippen molar-refractivity contribution in [3.63, 3.8) is 0 Å². The van der Waals surface area contributed by atoms with Gasteiger partial charge in [0.2, 0.25) is 10.0 Å². The molecule has 1 aromatic heterocycles. The van der Waals surface area contributed by atoms with Gasteiger partial charge in [0.25, 0.3) is 5.92 Å². The number of sulfonamides is 1. The first kappa shape index (κ1) is 21.5. The number of aromatic nitrogens is 1. The maximum absolute atomic E-state index is 15.3. The molecule has 1 aliphatic rings. The highest BCUT2D eigenvalue weighted by Gasteiger charge is 2.42. The van der Waals surface area contributed by atoms with Crippen LogP contribution in [0, 0.1) is 5.92 Å². The van der Waals surface area contributed by atoms with E-state index < -0.39 is 21.9 Å². The summed E-state index contributed by atoms with van der Waals surface area (Å²) < 4.78 is 55.0. The molecule has 0 radical (unpaired) electrons. The second kappa shape index (κ2) is 7.76. The van der Waals surface area contributed by atoms with Gasteiger partial charge in [-0.15, -0.1) is 0 Å². The molecule has 4 N–H and O–H groups in total. The van der Waals surface area contributed by atoms with Crippen LogP contribution in [-0.2, 0) is 15.9 Å². The zero-order chi connectivity index (χ0) is 21.7. The Kier molecular flexibility index (Phi) is 5.57. The summed E-state index contributed by atoms with van der Waals surface area (Å²) in [5, 5.41) is 9.64. The van der Waals surface area contributed by atoms with E-state index in [1.807, 2.05) is 0 Å². The number of nitrogens with two attached hydrogens (primary N) is 1. The molecular weight excluding hydrogens is 455 g/mol. The first-order chi connectivity index (χ1) is 14.1. The number of nitrogens with one attached hydrogen (secondary N) is 2. The Hall–Kier alpha value is -1.71. The van der Waals surface area contributed by atoms with Crippen LogP contribution >= 0.6 is 23.2 Å². The van der Waals surface area contributed by atoms with Crippen molar-refractivity contribution < 1.29 is 17.2 Å².